The van der Waals surface area contributed by atoms with Gasteiger partial charge in [0, 0.05) is 18.3 Å². The number of Topliss-reactive ketones (excluding diaryl/α,β-unsaturated/α-hetero) is 1. The molecule has 6 atom stereocenters. The van der Waals surface area contributed by atoms with Crippen LogP contribution in [0.15, 0.2) is 23.8 Å². The number of carbonyl (C=O) groups is 2. The molecule has 0 aromatic carbocycles. The van der Waals surface area contributed by atoms with Gasteiger partial charge < -0.3 is 0 Å². The van der Waals surface area contributed by atoms with Gasteiger partial charge in [0.25, 0.3) is 0 Å². The second kappa shape index (κ2) is 4.68. The summed E-state index contributed by atoms with van der Waals surface area (Å²) in [6.45, 7) is 11.2. The SMILES string of the molecule is C=C1C[C@@H]2[C@@H](CC[C@]3(C)C(=O)CC[C@@H]23)[C@]2(C)C1=CC(=O)CC2C. The number of hydrogen-bond donors (Lipinski definition) is 0. The quantitative estimate of drug-likeness (QED) is 0.660. The third-order valence-corrected chi connectivity index (χ3v) is 8.20. The summed E-state index contributed by atoms with van der Waals surface area (Å²) in [4.78, 5) is 24.6. The summed E-state index contributed by atoms with van der Waals surface area (Å²) in [7, 11) is 0. The van der Waals surface area contributed by atoms with Crippen molar-refractivity contribution in [1.29, 1.82) is 0 Å². The number of allylic oxidation sites excluding steroid dienone is 2. The highest BCUT2D eigenvalue weighted by Gasteiger charge is 2.60. The maximum Gasteiger partial charge on any atom is 0.156 e. The molecule has 124 valence electrons. The Morgan fingerprint density at radius 2 is 1.87 bits per heavy atom. The van der Waals surface area contributed by atoms with Crippen LogP contribution in [-0.4, -0.2) is 11.6 Å². The van der Waals surface area contributed by atoms with Gasteiger partial charge in [-0.1, -0.05) is 32.9 Å². The summed E-state index contributed by atoms with van der Waals surface area (Å²) in [6, 6.07) is 0. The molecule has 4 aliphatic carbocycles. The standard InChI is InChI=1S/C21H28O2/c1-12-9-15-16-5-6-19(23)20(16,3)8-7-17(15)21(4)13(2)10-14(22)11-18(12)21/h11,13,15-17H,1,5-10H2,2-4H3/t13?,15-,16-,17+,20-,21+/m0/s1. The molecule has 2 heteroatoms. The van der Waals surface area contributed by atoms with E-state index in [2.05, 4.69) is 27.4 Å². The van der Waals surface area contributed by atoms with Gasteiger partial charge in [-0.2, -0.15) is 0 Å². The van der Waals surface area contributed by atoms with Crippen molar-refractivity contribution in [3.63, 3.8) is 0 Å². The van der Waals surface area contributed by atoms with E-state index in [1.165, 1.54) is 5.57 Å². The van der Waals surface area contributed by atoms with Crippen molar-refractivity contribution in [2.45, 2.75) is 59.3 Å². The van der Waals surface area contributed by atoms with E-state index in [1.54, 1.807) is 0 Å². The Morgan fingerprint density at radius 1 is 1.13 bits per heavy atom. The lowest BCUT2D eigenvalue weighted by molar-refractivity contribution is -0.132. The van der Waals surface area contributed by atoms with E-state index in [1.807, 2.05) is 6.08 Å². The highest BCUT2D eigenvalue weighted by atomic mass is 16.1. The van der Waals surface area contributed by atoms with Crippen LogP contribution in [0.3, 0.4) is 0 Å². The number of hydrogen-bond acceptors (Lipinski definition) is 2. The van der Waals surface area contributed by atoms with Crippen LogP contribution in [0.25, 0.3) is 0 Å². The van der Waals surface area contributed by atoms with Gasteiger partial charge in [-0.3, -0.25) is 9.59 Å². The zero-order valence-electron chi connectivity index (χ0n) is 14.7. The lowest BCUT2D eigenvalue weighted by Gasteiger charge is -2.59. The maximum atomic E-state index is 12.5. The summed E-state index contributed by atoms with van der Waals surface area (Å²) in [5.41, 5.74) is 2.38. The minimum atomic E-state index is -0.0905. The van der Waals surface area contributed by atoms with E-state index < -0.39 is 0 Å². The largest absolute Gasteiger partial charge is 0.299 e. The summed E-state index contributed by atoms with van der Waals surface area (Å²) in [6.07, 6.45) is 7.54. The average Bonchev–Trinajstić information content (AvgIpc) is 2.78. The molecule has 0 amide bonds. The van der Waals surface area contributed by atoms with E-state index in [0.717, 1.165) is 37.7 Å². The first-order valence-corrected chi connectivity index (χ1v) is 9.25. The average molecular weight is 312 g/mol. The van der Waals surface area contributed by atoms with Crippen LogP contribution in [-0.2, 0) is 9.59 Å². The molecule has 1 unspecified atom stereocenters. The monoisotopic (exact) mass is 312 g/mol. The van der Waals surface area contributed by atoms with Gasteiger partial charge in [0.2, 0.25) is 0 Å². The molecule has 0 radical (unpaired) electrons. The van der Waals surface area contributed by atoms with E-state index >= 15 is 0 Å². The zero-order valence-corrected chi connectivity index (χ0v) is 14.7. The molecule has 0 aromatic rings. The molecule has 0 spiro atoms. The van der Waals surface area contributed by atoms with Crippen molar-refractivity contribution in [1.82, 2.24) is 0 Å². The van der Waals surface area contributed by atoms with Crippen molar-refractivity contribution >= 4 is 11.6 Å². The van der Waals surface area contributed by atoms with Crippen molar-refractivity contribution in [3.8, 4) is 0 Å². The first-order valence-electron chi connectivity index (χ1n) is 9.25. The van der Waals surface area contributed by atoms with Crippen LogP contribution < -0.4 is 0 Å². The van der Waals surface area contributed by atoms with Crippen molar-refractivity contribution < 1.29 is 9.59 Å². The molecular formula is C21H28O2. The highest BCUT2D eigenvalue weighted by Crippen LogP contribution is 2.66. The second-order valence-electron chi connectivity index (χ2n) is 9.01. The maximum absolute atomic E-state index is 12.5. The minimum absolute atomic E-state index is 0.0703. The number of fused-ring (bicyclic) bond motifs is 5. The molecule has 0 aliphatic heterocycles. The zero-order chi connectivity index (χ0) is 16.6. The van der Waals surface area contributed by atoms with Crippen molar-refractivity contribution in [2.75, 3.05) is 0 Å². The van der Waals surface area contributed by atoms with Gasteiger partial charge in [-0.15, -0.1) is 0 Å². The summed E-state index contributed by atoms with van der Waals surface area (Å²) in [5, 5.41) is 0. The molecule has 0 saturated heterocycles. The van der Waals surface area contributed by atoms with E-state index in [0.29, 0.717) is 35.9 Å². The van der Waals surface area contributed by atoms with Crippen LogP contribution in [0.2, 0.25) is 0 Å². The van der Waals surface area contributed by atoms with Gasteiger partial charge in [-0.05, 0) is 66.4 Å². The topological polar surface area (TPSA) is 34.1 Å². The molecule has 4 aliphatic rings. The van der Waals surface area contributed by atoms with Crippen LogP contribution in [0.4, 0.5) is 0 Å². The van der Waals surface area contributed by atoms with Gasteiger partial charge in [0.05, 0.1) is 0 Å². The first-order chi connectivity index (χ1) is 10.8. The lowest BCUT2D eigenvalue weighted by Crippen LogP contribution is -2.53. The van der Waals surface area contributed by atoms with Gasteiger partial charge in [0.15, 0.2) is 5.78 Å². The molecule has 0 aromatic heterocycles. The van der Waals surface area contributed by atoms with Crippen molar-refractivity contribution in [2.24, 2.45) is 34.5 Å². The van der Waals surface area contributed by atoms with E-state index in [4.69, 9.17) is 0 Å². The van der Waals surface area contributed by atoms with Gasteiger partial charge in [0.1, 0.15) is 5.78 Å². The molecular weight excluding hydrogens is 284 g/mol. The molecule has 4 rings (SSSR count). The number of ketones is 2. The van der Waals surface area contributed by atoms with Crippen LogP contribution >= 0.6 is 0 Å². The van der Waals surface area contributed by atoms with Gasteiger partial charge in [-0.25, -0.2) is 0 Å². The Hall–Kier alpha value is -1.18. The van der Waals surface area contributed by atoms with Crippen LogP contribution in [0.5, 0.6) is 0 Å². The smallest absolute Gasteiger partial charge is 0.156 e. The fourth-order valence-corrected chi connectivity index (χ4v) is 6.69. The first kappa shape index (κ1) is 15.4. The summed E-state index contributed by atoms with van der Waals surface area (Å²) < 4.78 is 0. The third-order valence-electron chi connectivity index (χ3n) is 8.20. The fourth-order valence-electron chi connectivity index (χ4n) is 6.69. The highest BCUT2D eigenvalue weighted by molar-refractivity contribution is 5.93. The van der Waals surface area contributed by atoms with Crippen LogP contribution in [0.1, 0.15) is 59.3 Å². The fraction of sp³-hybridized carbons (Fsp3) is 0.714. The summed E-state index contributed by atoms with van der Waals surface area (Å²) in [5.74, 6) is 2.83. The molecule has 23 heavy (non-hydrogen) atoms. The van der Waals surface area contributed by atoms with Gasteiger partial charge >= 0.3 is 0 Å². The second-order valence-corrected chi connectivity index (χ2v) is 9.01. The third kappa shape index (κ3) is 1.81. The predicted molar refractivity (Wildman–Crippen MR) is 90.8 cm³/mol. The Morgan fingerprint density at radius 3 is 2.61 bits per heavy atom. The lowest BCUT2D eigenvalue weighted by atomic mass is 9.45. The van der Waals surface area contributed by atoms with Crippen LogP contribution in [0, 0.1) is 34.5 Å². The molecule has 0 bridgehead atoms. The number of carbonyl (C=O) groups excluding carboxylic acids is 2. The Bertz CT molecular complexity index is 642. The molecule has 2 nitrogen and oxygen atoms in total. The van der Waals surface area contributed by atoms with E-state index in [9.17, 15) is 9.59 Å². The predicted octanol–water partition coefficient (Wildman–Crippen LogP) is 4.50. The molecule has 0 heterocycles. The van der Waals surface area contributed by atoms with E-state index in [-0.39, 0.29) is 16.6 Å². The Kier molecular flexibility index (Phi) is 3.12. The minimum Gasteiger partial charge on any atom is -0.299 e. The molecule has 3 fully saturated rings. The normalized spacial score (nSPS) is 49.3. The summed E-state index contributed by atoms with van der Waals surface area (Å²) >= 11 is 0. The Labute approximate surface area is 139 Å². The van der Waals surface area contributed by atoms with Crippen molar-refractivity contribution in [3.05, 3.63) is 23.8 Å². The Balaban J connectivity index is 1.79. The number of rotatable bonds is 0. The molecule has 0 N–H and O–H groups in total. The molecule has 3 saturated carbocycles.